The van der Waals surface area contributed by atoms with E-state index in [1.165, 1.54) is 36.4 Å². The Labute approximate surface area is 760 Å². The number of ether oxygens (including phenoxy) is 2. The van der Waals surface area contributed by atoms with E-state index >= 15 is 0 Å². The van der Waals surface area contributed by atoms with E-state index in [-0.39, 0.29) is 276 Å². The molecule has 8 aromatic rings. The molecule has 2 saturated heterocycles. The zero-order chi connectivity index (χ0) is 74.3. The van der Waals surface area contributed by atoms with Crippen LogP contribution in [0.25, 0.3) is 24.3 Å². The molecule has 50 heteroatoms. The number of rotatable bonds is 22. The summed E-state index contributed by atoms with van der Waals surface area (Å²) in [6.45, 7) is 1.31. The number of aromatic nitrogens is 6. The molecule has 0 unspecified atom stereocenters. The van der Waals surface area contributed by atoms with Crippen LogP contribution in [-0.2, 0) is 70.2 Å². The van der Waals surface area contributed by atoms with Crippen LogP contribution in [0.2, 0.25) is 0 Å². The summed E-state index contributed by atoms with van der Waals surface area (Å²) in [5.74, 6) is -4.61. The minimum Gasteiger partial charge on any atom is -0.744 e. The predicted molar refractivity (Wildman–Crippen MR) is 364 cm³/mol. The maximum absolute atomic E-state index is 14.4. The molecule has 0 saturated carbocycles. The fraction of sp³-hybridized carbons (Fsp3) is 0.133. The number of hydrogen-bond acceptors (Lipinski definition) is 38. The first kappa shape index (κ1) is 93.9. The van der Waals surface area contributed by atoms with Crippen LogP contribution in [-0.4, -0.2) is 183 Å². The van der Waals surface area contributed by atoms with E-state index in [9.17, 15) is 87.4 Å². The smallest absolute Gasteiger partial charge is 0.744 e. The number of allylic oxidation sites excluding steroid dienone is 2. The number of morpholine rings is 2. The number of fused-ring (bicyclic) bond motifs is 2. The van der Waals surface area contributed by atoms with Gasteiger partial charge in [-0.1, -0.05) is 60.7 Å². The fourth-order valence-electron chi connectivity index (χ4n) is 10.6. The van der Waals surface area contributed by atoms with Gasteiger partial charge in [-0.2, -0.15) is 40.1 Å². The minimum atomic E-state index is -5.53. The number of benzene rings is 6. The van der Waals surface area contributed by atoms with E-state index in [1.54, 1.807) is 46.2 Å². The van der Waals surface area contributed by atoms with Crippen LogP contribution in [0.3, 0.4) is 0 Å². The summed E-state index contributed by atoms with van der Waals surface area (Å²) in [6, 6.07) is 24.6. The third kappa shape index (κ3) is 23.0. The first-order chi connectivity index (χ1) is 49.1. The molecule has 4 aliphatic rings. The molecule has 0 radical (unpaired) electrons. The maximum atomic E-state index is 14.4. The van der Waals surface area contributed by atoms with Crippen molar-refractivity contribution in [1.82, 2.24) is 29.9 Å². The number of nitrogens with one attached hydrogen (secondary N) is 6. The van der Waals surface area contributed by atoms with Crippen LogP contribution in [0.1, 0.15) is 43.0 Å². The number of anilines is 12. The summed E-state index contributed by atoms with van der Waals surface area (Å²) in [4.78, 5) is 52.0. The van der Waals surface area contributed by atoms with E-state index < -0.39 is 171 Å². The van der Waals surface area contributed by atoms with Crippen LogP contribution in [0.5, 0.6) is 0 Å². The molecule has 0 atom stereocenters. The van der Waals surface area contributed by atoms with Crippen molar-refractivity contribution in [2.24, 2.45) is 10.2 Å². The molecule has 12 rings (SSSR count). The van der Waals surface area contributed by atoms with Gasteiger partial charge >= 0.3 is 177 Å². The molecule has 2 fully saturated rings. The van der Waals surface area contributed by atoms with E-state index in [4.69, 9.17) is 9.47 Å². The van der Waals surface area contributed by atoms with Crippen molar-refractivity contribution in [3.63, 3.8) is 0 Å². The van der Waals surface area contributed by atoms with E-state index in [2.05, 4.69) is 72.2 Å². The molecule has 6 aromatic carbocycles. The second kappa shape index (κ2) is 38.6. The monoisotopic (exact) mass is 1670 g/mol. The molecular formula is C60H46N16Na6O22S6. The van der Waals surface area contributed by atoms with Gasteiger partial charge < -0.3 is 67.9 Å². The van der Waals surface area contributed by atoms with Crippen LogP contribution < -0.4 is 219 Å². The summed E-state index contributed by atoms with van der Waals surface area (Å²) < 4.78 is 240. The molecule has 2 aliphatic heterocycles. The normalized spacial score (nSPS) is 15.3. The number of Topliss-reactive ketones (excluding diaryl/α,β-unsaturated/α-hetero) is 2. The van der Waals surface area contributed by atoms with Crippen molar-refractivity contribution in [3.8, 4) is 0 Å². The number of hydrazone groups is 2. The third-order valence-corrected chi connectivity index (χ3v) is 20.4. The van der Waals surface area contributed by atoms with Crippen LogP contribution in [0.15, 0.2) is 161 Å². The Morgan fingerprint density at radius 3 is 1.02 bits per heavy atom. The van der Waals surface area contributed by atoms with E-state index in [1.807, 2.05) is 0 Å². The number of carbonyl (C=O) groups excluding carboxylic acids is 2. The number of nitrogens with zero attached hydrogens (tertiary/aromatic N) is 10. The first-order valence-electron chi connectivity index (χ1n) is 29.7. The average Bonchev–Trinajstić information content (AvgIpc) is 0.751. The van der Waals surface area contributed by atoms with Gasteiger partial charge in [-0.25, -0.2) is 50.5 Å². The van der Waals surface area contributed by atoms with Gasteiger partial charge in [-0.3, -0.25) is 20.4 Å². The minimum absolute atomic E-state index is 0. The maximum Gasteiger partial charge on any atom is 1.00 e. The molecule has 540 valence electrons. The molecular weight excluding hydrogens is 1630 g/mol. The van der Waals surface area contributed by atoms with Crippen molar-refractivity contribution in [2.75, 3.05) is 94.5 Å². The van der Waals surface area contributed by atoms with Gasteiger partial charge in [0.25, 0.3) is 0 Å². The summed E-state index contributed by atoms with van der Waals surface area (Å²) >= 11 is 0. The number of para-hydroxylation sites is 2. The molecule has 6 N–H and O–H groups in total. The molecule has 4 heterocycles. The van der Waals surface area contributed by atoms with Crippen molar-refractivity contribution >= 4 is 178 Å². The average molecular weight is 1670 g/mol. The molecule has 2 aliphatic carbocycles. The Bertz CT molecular complexity index is 5450. The Kier molecular flexibility index (Phi) is 33.0. The van der Waals surface area contributed by atoms with Gasteiger partial charge in [0, 0.05) is 37.6 Å². The third-order valence-electron chi connectivity index (χ3n) is 15.3. The summed E-state index contributed by atoms with van der Waals surface area (Å²) in [7, 11) is -32.9. The topological polar surface area (TPSA) is 577 Å². The second-order valence-electron chi connectivity index (χ2n) is 22.2. The molecule has 2 aromatic heterocycles. The first-order valence-corrected chi connectivity index (χ1v) is 38.2. The molecule has 0 spiro atoms. The van der Waals surface area contributed by atoms with Crippen LogP contribution in [0, 0.1) is 0 Å². The summed E-state index contributed by atoms with van der Waals surface area (Å²) in [5, 5.41) is 18.7. The quantitative estimate of drug-likeness (QED) is 0.0159. The molecule has 110 heavy (non-hydrogen) atoms. The molecule has 0 bridgehead atoms. The fourth-order valence-corrected chi connectivity index (χ4v) is 14.4. The molecule has 0 amide bonds. The Morgan fingerprint density at radius 2 is 0.709 bits per heavy atom. The van der Waals surface area contributed by atoms with Gasteiger partial charge in [0.1, 0.15) is 72.1 Å². The van der Waals surface area contributed by atoms with Crippen molar-refractivity contribution in [3.05, 3.63) is 165 Å². The van der Waals surface area contributed by atoms with Gasteiger partial charge in [-0.15, -0.1) is 0 Å². The standard InChI is InChI=1S/C60H52N16O22S6.6Na/c77-53-49-35(27-47(103(91,92)93)51(53)73-71-37-7-3-1-4-8-37)25-41(99(79,80)81)31-43(49)63-57-65-55(67-59(69-57)75-17-21-97-22-18-75)61-39-15-13-33(45(29-39)101(85,86)87)11-12-34-14-16-40(30-46(34)102(88,89)90)62-56-66-58(70-60(68-56)76-19-23-98-24-20-76)64-44-32-42(100(82,83)84)26-36-28-48(104(94,95)96)52(54(78)50(36)44)74-72-38-9-5-2-6-10-38;;;;;;/h1-16,25-32,71-72H,17-24H2,(H,79,80,81)(H,82,83,84)(H,85,86,87)(H,88,89,90)(H,91,92,93)(H,94,95,96)(H2,61,63,65,67,69)(H2,62,64,66,68,70);;;;;;/q;6*+1/p-6/b12-11+,73-51+,74-52+;;;;;;. The predicted octanol–water partition coefficient (Wildman–Crippen LogP) is -14.4. The Morgan fingerprint density at radius 1 is 0.382 bits per heavy atom. The van der Waals surface area contributed by atoms with Crippen molar-refractivity contribution in [2.45, 2.75) is 19.6 Å². The SMILES string of the molecule is O=C1/C(=N/Nc2ccccc2)C(S(=O)(=O)[O-])=Cc2cc(S(=O)(=O)[O-])cc(Nc3nc(Nc4ccc(/C=C/c5ccc(Nc6nc(Nc7cc(S(=O)(=O)[O-])cc8c7C(=O)/C(=N/Nc7ccccc7)C(S(=O)(=O)[O-])=C8)nc(N7CCOCC7)n6)cc5S(=O)(=O)[O-])c(S(=O)(=O)[O-])c4)nc(N4CCOCC4)n3)c21.[Na+].[Na+].[Na+].[Na+].[Na+].[Na+]. The van der Waals surface area contributed by atoms with Gasteiger partial charge in [0.2, 0.25) is 47.3 Å². The van der Waals surface area contributed by atoms with E-state index in [0.717, 1.165) is 48.6 Å². The number of ketones is 2. The molecule has 38 nitrogen and oxygen atoms in total. The Hall–Kier alpha value is -4.98. The van der Waals surface area contributed by atoms with Gasteiger partial charge in [0.15, 0.2) is 0 Å². The number of carbonyl (C=O) groups is 2. The second-order valence-corrected chi connectivity index (χ2v) is 30.4. The Balaban J connectivity index is 0.00000315. The summed E-state index contributed by atoms with van der Waals surface area (Å²) in [6.07, 6.45) is 3.28. The summed E-state index contributed by atoms with van der Waals surface area (Å²) in [5.41, 5.74) is -0.704. The van der Waals surface area contributed by atoms with Crippen molar-refractivity contribution in [1.29, 1.82) is 0 Å². The van der Waals surface area contributed by atoms with Crippen LogP contribution in [0.4, 0.5) is 69.8 Å². The van der Waals surface area contributed by atoms with Gasteiger partial charge in [-0.05, 0) is 107 Å². The van der Waals surface area contributed by atoms with Crippen molar-refractivity contribution < 1.29 is 274 Å². The number of hydrogen-bond donors (Lipinski definition) is 6. The zero-order valence-electron chi connectivity index (χ0n) is 58.4. The van der Waals surface area contributed by atoms with Crippen LogP contribution >= 0.6 is 0 Å². The van der Waals surface area contributed by atoms with Gasteiger partial charge in [0.05, 0.1) is 89.7 Å². The van der Waals surface area contributed by atoms with E-state index in [0.29, 0.717) is 24.3 Å². The zero-order valence-corrected chi connectivity index (χ0v) is 75.3. The largest absolute Gasteiger partial charge is 1.00 e.